The monoisotopic (exact) mass is 331 g/mol. The number of nitrogens with zero attached hydrogens (tertiary/aromatic N) is 1. The number of unbranched alkanes of at least 4 members (excludes halogenated alkanes) is 3. The normalized spacial score (nSPS) is 16.4. The summed E-state index contributed by atoms with van der Waals surface area (Å²) in [5, 5.41) is 11.2. The quantitative estimate of drug-likeness (QED) is 0.250. The zero-order valence-electron chi connectivity index (χ0n) is 15.1. The van der Waals surface area contributed by atoms with Crippen molar-refractivity contribution in [2.24, 2.45) is 0 Å². The molecule has 5 nitrogen and oxygen atoms in total. The maximum atomic E-state index is 13.0. The minimum atomic E-state index is -2.98. The van der Waals surface area contributed by atoms with Crippen molar-refractivity contribution in [2.45, 2.75) is 52.3 Å². The average Bonchev–Trinajstić information content (AvgIpc) is 2.58. The number of hydrogen-bond donors (Lipinski definition) is 0. The third-order valence-electron chi connectivity index (χ3n) is 3.40. The van der Waals surface area contributed by atoms with Crippen molar-refractivity contribution >= 4 is 18.4 Å². The summed E-state index contributed by atoms with van der Waals surface area (Å²) in [7, 11) is -2.98. The summed E-state index contributed by atoms with van der Waals surface area (Å²) in [6, 6.07) is 5.76. The molecule has 0 spiro atoms. The molecule has 0 N–H and O–H groups in total. The Bertz CT molecular complexity index is 554. The molecule has 0 heterocycles. The standard InChI is InChI=1S/C16H26NO4P/c1-3-5-6-7-8-9-14-22(20,21-4-2)16-12-10-15(11-13-16)17(18)19/h10-13H,3-9,14H2,1-2H3/i1T,3T. The maximum Gasteiger partial charge on any atom is 0.269 e. The summed E-state index contributed by atoms with van der Waals surface area (Å²) in [4.78, 5) is 10.2. The van der Waals surface area contributed by atoms with Gasteiger partial charge in [-0.05, 0) is 25.5 Å². The van der Waals surface area contributed by atoms with Crippen LogP contribution in [0.3, 0.4) is 0 Å². The summed E-state index contributed by atoms with van der Waals surface area (Å²) < 4.78 is 33.2. The Morgan fingerprint density at radius 3 is 2.45 bits per heavy atom. The van der Waals surface area contributed by atoms with Gasteiger partial charge in [-0.15, -0.1) is 0 Å². The molecule has 2 unspecified atom stereocenters. The lowest BCUT2D eigenvalue weighted by molar-refractivity contribution is -0.384. The fourth-order valence-electron chi connectivity index (χ4n) is 2.24. The van der Waals surface area contributed by atoms with Gasteiger partial charge in [0.05, 0.1) is 11.5 Å². The smallest absolute Gasteiger partial charge is 0.269 e. The van der Waals surface area contributed by atoms with Crippen molar-refractivity contribution in [3.05, 3.63) is 34.4 Å². The first-order chi connectivity index (χ1) is 11.4. The molecule has 0 radical (unpaired) electrons. The maximum absolute atomic E-state index is 13.0. The van der Waals surface area contributed by atoms with E-state index in [0.717, 1.165) is 32.1 Å². The number of nitro benzene ring substituents is 1. The molecule has 1 aromatic rings. The minimum Gasteiger partial charge on any atom is -0.326 e. The highest BCUT2D eigenvalue weighted by Crippen LogP contribution is 2.46. The Morgan fingerprint density at radius 1 is 1.23 bits per heavy atom. The molecule has 0 saturated heterocycles. The zero-order valence-corrected chi connectivity index (χ0v) is 14.0. The van der Waals surface area contributed by atoms with E-state index in [9.17, 15) is 14.7 Å². The Hall–Kier alpha value is -1.19. The van der Waals surface area contributed by atoms with Crippen LogP contribution in [0.25, 0.3) is 0 Å². The highest BCUT2D eigenvalue weighted by atomic mass is 31.2. The average molecular weight is 331 g/mol. The van der Waals surface area contributed by atoms with Gasteiger partial charge in [0.25, 0.3) is 5.69 Å². The molecular weight excluding hydrogens is 301 g/mol. The topological polar surface area (TPSA) is 69.4 Å². The van der Waals surface area contributed by atoms with Crippen LogP contribution in [-0.4, -0.2) is 17.7 Å². The first-order valence-corrected chi connectivity index (χ1v) is 9.44. The molecule has 0 amide bonds. The summed E-state index contributed by atoms with van der Waals surface area (Å²) in [5.41, 5.74) is -0.0267. The second kappa shape index (κ2) is 9.75. The molecule has 22 heavy (non-hydrogen) atoms. The predicted octanol–water partition coefficient (Wildman–Crippen LogP) is 4.90. The van der Waals surface area contributed by atoms with E-state index in [0.29, 0.717) is 18.1 Å². The molecule has 0 aliphatic heterocycles. The van der Waals surface area contributed by atoms with Crippen molar-refractivity contribution in [3.8, 4) is 0 Å². The number of non-ortho nitro benzene ring substituents is 1. The van der Waals surface area contributed by atoms with Crippen LogP contribution in [0.15, 0.2) is 24.3 Å². The number of hydrogen-bond acceptors (Lipinski definition) is 4. The second-order valence-electron chi connectivity index (χ2n) is 5.08. The van der Waals surface area contributed by atoms with Crippen LogP contribution in [0.2, 0.25) is 0 Å². The summed E-state index contributed by atoms with van der Waals surface area (Å²) in [5.74, 6) is 0. The highest BCUT2D eigenvalue weighted by Gasteiger charge is 2.25. The van der Waals surface area contributed by atoms with Gasteiger partial charge < -0.3 is 4.52 Å². The van der Waals surface area contributed by atoms with E-state index in [1.165, 1.54) is 24.3 Å². The fourth-order valence-corrected chi connectivity index (χ4v) is 4.44. The van der Waals surface area contributed by atoms with Crippen molar-refractivity contribution in [1.29, 1.82) is 0 Å². The van der Waals surface area contributed by atoms with E-state index in [4.69, 9.17) is 7.27 Å². The summed E-state index contributed by atoms with van der Waals surface area (Å²) in [6.45, 7) is 2.26. The molecule has 0 fully saturated rings. The van der Waals surface area contributed by atoms with Crippen molar-refractivity contribution < 1.29 is 16.8 Å². The molecular formula is C16H26NO4P. The van der Waals surface area contributed by atoms with Crippen LogP contribution in [0, 0.1) is 10.1 Å². The Morgan fingerprint density at radius 2 is 1.86 bits per heavy atom. The van der Waals surface area contributed by atoms with Gasteiger partial charge in [0.15, 0.2) is 0 Å². The highest BCUT2D eigenvalue weighted by molar-refractivity contribution is 7.67. The van der Waals surface area contributed by atoms with Crippen LogP contribution in [0.5, 0.6) is 0 Å². The van der Waals surface area contributed by atoms with Crippen LogP contribution in [0.1, 0.15) is 55.1 Å². The van der Waals surface area contributed by atoms with E-state index in [-0.39, 0.29) is 19.0 Å². The van der Waals surface area contributed by atoms with E-state index in [1.807, 2.05) is 0 Å². The summed E-state index contributed by atoms with van der Waals surface area (Å²) in [6.07, 6.45) is 4.34. The molecule has 1 rings (SSSR count). The number of nitro groups is 1. The van der Waals surface area contributed by atoms with Gasteiger partial charge in [-0.1, -0.05) is 39.0 Å². The van der Waals surface area contributed by atoms with Gasteiger partial charge in [0.1, 0.15) is 0 Å². The molecule has 0 bridgehead atoms. The van der Waals surface area contributed by atoms with Gasteiger partial charge in [-0.25, -0.2) is 0 Å². The van der Waals surface area contributed by atoms with E-state index in [1.54, 1.807) is 6.92 Å². The lowest BCUT2D eigenvalue weighted by Gasteiger charge is -2.18. The molecule has 0 aliphatic carbocycles. The Kier molecular flexibility index (Phi) is 6.96. The number of rotatable bonds is 11. The van der Waals surface area contributed by atoms with Crippen molar-refractivity contribution in [2.75, 3.05) is 12.8 Å². The van der Waals surface area contributed by atoms with E-state index in [2.05, 4.69) is 0 Å². The molecule has 124 valence electrons. The Labute approximate surface area is 135 Å². The van der Waals surface area contributed by atoms with Gasteiger partial charge in [-0.2, -0.15) is 0 Å². The fraction of sp³-hybridized carbons (Fsp3) is 0.625. The molecule has 2 atom stereocenters. The number of benzene rings is 1. The van der Waals surface area contributed by atoms with Gasteiger partial charge in [-0.3, -0.25) is 14.7 Å². The third-order valence-corrected chi connectivity index (χ3v) is 6.07. The van der Waals surface area contributed by atoms with Gasteiger partial charge in [0.2, 0.25) is 7.37 Å². The summed E-state index contributed by atoms with van der Waals surface area (Å²) >= 11 is 0. The zero-order chi connectivity index (χ0) is 18.0. The molecule has 0 aliphatic rings. The lowest BCUT2D eigenvalue weighted by Crippen LogP contribution is -2.11. The molecule has 0 saturated carbocycles. The largest absolute Gasteiger partial charge is 0.326 e. The third kappa shape index (κ3) is 5.90. The lowest BCUT2D eigenvalue weighted by atomic mass is 10.1. The second-order valence-corrected chi connectivity index (χ2v) is 7.65. The molecule has 0 aromatic heterocycles. The SMILES string of the molecule is [3H]CC([3H])CCCCCCP(=O)(OCC)c1ccc([N+](=O)[O-])cc1. The van der Waals surface area contributed by atoms with E-state index < -0.39 is 12.3 Å². The first kappa shape index (κ1) is 15.7. The van der Waals surface area contributed by atoms with Crippen molar-refractivity contribution in [3.63, 3.8) is 0 Å². The molecule has 1 aromatic carbocycles. The van der Waals surface area contributed by atoms with Crippen LogP contribution >= 0.6 is 7.37 Å². The predicted molar refractivity (Wildman–Crippen MR) is 90.2 cm³/mol. The van der Waals surface area contributed by atoms with Crippen molar-refractivity contribution in [1.82, 2.24) is 0 Å². The van der Waals surface area contributed by atoms with Crippen LogP contribution in [0.4, 0.5) is 5.69 Å². The Balaban J connectivity index is 2.55. The van der Waals surface area contributed by atoms with Crippen LogP contribution in [-0.2, 0) is 9.09 Å². The molecule has 6 heteroatoms. The minimum absolute atomic E-state index is 0.0267. The van der Waals surface area contributed by atoms with Crippen LogP contribution < -0.4 is 5.30 Å². The van der Waals surface area contributed by atoms with E-state index >= 15 is 0 Å². The van der Waals surface area contributed by atoms with Gasteiger partial charge >= 0.3 is 0 Å². The van der Waals surface area contributed by atoms with Gasteiger partial charge in [0, 0.05) is 26.3 Å². The first-order valence-electron chi connectivity index (χ1n) is 8.91.